The molecule has 0 bridgehead atoms. The molecule has 1 fully saturated rings. The van der Waals surface area contributed by atoms with Crippen LogP contribution in [0.3, 0.4) is 0 Å². The molecule has 1 aliphatic heterocycles. The van der Waals surface area contributed by atoms with Gasteiger partial charge in [-0.2, -0.15) is 0 Å². The van der Waals surface area contributed by atoms with Gasteiger partial charge in [-0.05, 0) is 39.4 Å². The van der Waals surface area contributed by atoms with Crippen molar-refractivity contribution in [2.75, 3.05) is 46.9 Å². The molecule has 1 N–H and O–H groups in total. The lowest BCUT2D eigenvalue weighted by Crippen LogP contribution is -2.40. The predicted molar refractivity (Wildman–Crippen MR) is 54.8 cm³/mol. The maximum Gasteiger partial charge on any atom is 0.0558 e. The first-order chi connectivity index (χ1) is 6.22. The van der Waals surface area contributed by atoms with E-state index in [0.29, 0.717) is 6.61 Å². The second kappa shape index (κ2) is 5.58. The molecule has 0 aromatic rings. The van der Waals surface area contributed by atoms with E-state index < -0.39 is 0 Å². The van der Waals surface area contributed by atoms with E-state index in [1.165, 1.54) is 32.5 Å². The van der Waals surface area contributed by atoms with Crippen LogP contribution >= 0.6 is 0 Å². The molecule has 1 rings (SSSR count). The summed E-state index contributed by atoms with van der Waals surface area (Å²) in [6.07, 6.45) is 2.64. The normalized spacial score (nSPS) is 25.4. The first-order valence-electron chi connectivity index (χ1n) is 5.20. The Morgan fingerprint density at radius 3 is 2.85 bits per heavy atom. The topological polar surface area (TPSA) is 26.7 Å². The fraction of sp³-hybridized carbons (Fsp3) is 1.00. The number of hydrogen-bond acceptors (Lipinski definition) is 3. The summed E-state index contributed by atoms with van der Waals surface area (Å²) >= 11 is 0. The van der Waals surface area contributed by atoms with Crippen molar-refractivity contribution >= 4 is 0 Å². The van der Waals surface area contributed by atoms with Crippen LogP contribution in [0.4, 0.5) is 0 Å². The first kappa shape index (κ1) is 11.0. The zero-order chi connectivity index (χ0) is 9.68. The Bertz CT molecular complexity index is 137. The highest BCUT2D eigenvalue weighted by Gasteiger charge is 2.19. The van der Waals surface area contributed by atoms with Crippen molar-refractivity contribution < 1.29 is 5.11 Å². The Labute approximate surface area is 81.3 Å². The lowest BCUT2D eigenvalue weighted by atomic mass is 9.98. The summed E-state index contributed by atoms with van der Waals surface area (Å²) < 4.78 is 0. The molecule has 0 spiro atoms. The van der Waals surface area contributed by atoms with Crippen molar-refractivity contribution in [3.05, 3.63) is 0 Å². The molecule has 0 radical (unpaired) electrons. The Morgan fingerprint density at radius 2 is 2.23 bits per heavy atom. The summed E-state index contributed by atoms with van der Waals surface area (Å²) in [6, 6.07) is 0. The van der Waals surface area contributed by atoms with Crippen molar-refractivity contribution in [3.63, 3.8) is 0 Å². The monoisotopic (exact) mass is 186 g/mol. The minimum Gasteiger partial charge on any atom is -0.395 e. The van der Waals surface area contributed by atoms with Gasteiger partial charge in [-0.3, -0.25) is 0 Å². The van der Waals surface area contributed by atoms with Crippen LogP contribution < -0.4 is 0 Å². The lowest BCUT2D eigenvalue weighted by Gasteiger charge is -2.33. The van der Waals surface area contributed by atoms with E-state index in [1.54, 1.807) is 0 Å². The predicted octanol–water partition coefficient (Wildman–Crippen LogP) is 0.252. The van der Waals surface area contributed by atoms with E-state index in [-0.39, 0.29) is 0 Å². The standard InChI is InChI=1S/C10H22N2O/c1-11(2)8-10-4-3-5-12(9-10)6-7-13/h10,13H,3-9H2,1-2H3/t10-/m0/s1. The van der Waals surface area contributed by atoms with Gasteiger partial charge in [0.25, 0.3) is 0 Å². The van der Waals surface area contributed by atoms with Crippen LogP contribution in [0.25, 0.3) is 0 Å². The van der Waals surface area contributed by atoms with E-state index >= 15 is 0 Å². The Kier molecular flexibility index (Phi) is 4.70. The maximum absolute atomic E-state index is 8.83. The SMILES string of the molecule is CN(C)C[C@@H]1CCCN(CCO)C1. The molecule has 0 aromatic carbocycles. The van der Waals surface area contributed by atoms with Gasteiger partial charge >= 0.3 is 0 Å². The largest absolute Gasteiger partial charge is 0.395 e. The van der Waals surface area contributed by atoms with Gasteiger partial charge in [-0.25, -0.2) is 0 Å². The average Bonchev–Trinajstić information content (AvgIpc) is 2.04. The van der Waals surface area contributed by atoms with Crippen molar-refractivity contribution in [1.29, 1.82) is 0 Å². The lowest BCUT2D eigenvalue weighted by molar-refractivity contribution is 0.126. The van der Waals surface area contributed by atoms with E-state index in [1.807, 2.05) is 0 Å². The Hall–Kier alpha value is -0.120. The number of rotatable bonds is 4. The number of β-amino-alcohol motifs (C(OH)–C–C–N with tert-alkyl or cyclic N) is 1. The molecule has 1 saturated heterocycles. The smallest absolute Gasteiger partial charge is 0.0558 e. The first-order valence-corrected chi connectivity index (χ1v) is 5.20. The quantitative estimate of drug-likeness (QED) is 0.682. The molecule has 0 aromatic heterocycles. The maximum atomic E-state index is 8.83. The molecule has 3 nitrogen and oxygen atoms in total. The summed E-state index contributed by atoms with van der Waals surface area (Å²) in [5.41, 5.74) is 0. The van der Waals surface area contributed by atoms with E-state index in [9.17, 15) is 0 Å². The van der Waals surface area contributed by atoms with E-state index in [2.05, 4.69) is 23.9 Å². The number of likely N-dealkylation sites (tertiary alicyclic amines) is 1. The second-order valence-electron chi connectivity index (χ2n) is 4.29. The van der Waals surface area contributed by atoms with Crippen LogP contribution in [0.1, 0.15) is 12.8 Å². The van der Waals surface area contributed by atoms with Gasteiger partial charge in [0.2, 0.25) is 0 Å². The molecule has 1 heterocycles. The van der Waals surface area contributed by atoms with Gasteiger partial charge in [0, 0.05) is 19.6 Å². The number of hydrogen-bond donors (Lipinski definition) is 1. The van der Waals surface area contributed by atoms with Crippen LogP contribution in [0.5, 0.6) is 0 Å². The molecular weight excluding hydrogens is 164 g/mol. The average molecular weight is 186 g/mol. The fourth-order valence-corrected chi connectivity index (χ4v) is 2.16. The van der Waals surface area contributed by atoms with Crippen molar-refractivity contribution in [2.45, 2.75) is 12.8 Å². The van der Waals surface area contributed by atoms with Crippen LogP contribution in [-0.2, 0) is 0 Å². The molecule has 78 valence electrons. The summed E-state index contributed by atoms with van der Waals surface area (Å²) in [5.74, 6) is 0.801. The summed E-state index contributed by atoms with van der Waals surface area (Å²) in [5, 5.41) is 8.83. The highest BCUT2D eigenvalue weighted by atomic mass is 16.3. The fourth-order valence-electron chi connectivity index (χ4n) is 2.16. The number of aliphatic hydroxyl groups is 1. The molecule has 13 heavy (non-hydrogen) atoms. The molecule has 0 unspecified atom stereocenters. The van der Waals surface area contributed by atoms with Gasteiger partial charge in [0.05, 0.1) is 6.61 Å². The molecule has 0 saturated carbocycles. The molecule has 0 amide bonds. The Balaban J connectivity index is 2.24. The summed E-state index contributed by atoms with van der Waals surface area (Å²) in [4.78, 5) is 4.63. The third-order valence-corrected chi connectivity index (χ3v) is 2.64. The van der Waals surface area contributed by atoms with Gasteiger partial charge in [0.15, 0.2) is 0 Å². The van der Waals surface area contributed by atoms with Crippen LogP contribution in [0.15, 0.2) is 0 Å². The molecular formula is C10H22N2O. The van der Waals surface area contributed by atoms with Crippen molar-refractivity contribution in [3.8, 4) is 0 Å². The Morgan fingerprint density at radius 1 is 1.46 bits per heavy atom. The minimum atomic E-state index is 0.300. The second-order valence-corrected chi connectivity index (χ2v) is 4.29. The zero-order valence-corrected chi connectivity index (χ0v) is 8.87. The van der Waals surface area contributed by atoms with Crippen molar-refractivity contribution in [2.24, 2.45) is 5.92 Å². The van der Waals surface area contributed by atoms with Gasteiger partial charge < -0.3 is 14.9 Å². The summed E-state index contributed by atoms with van der Waals surface area (Å²) in [7, 11) is 4.26. The van der Waals surface area contributed by atoms with Gasteiger partial charge in [0.1, 0.15) is 0 Å². The minimum absolute atomic E-state index is 0.300. The zero-order valence-electron chi connectivity index (χ0n) is 8.87. The number of piperidine rings is 1. The summed E-state index contributed by atoms with van der Waals surface area (Å²) in [6.45, 7) is 4.67. The highest BCUT2D eigenvalue weighted by molar-refractivity contribution is 4.74. The van der Waals surface area contributed by atoms with Crippen LogP contribution in [0.2, 0.25) is 0 Å². The van der Waals surface area contributed by atoms with Crippen LogP contribution in [-0.4, -0.2) is 61.8 Å². The highest BCUT2D eigenvalue weighted by Crippen LogP contribution is 2.16. The number of nitrogens with zero attached hydrogens (tertiary/aromatic N) is 2. The third-order valence-electron chi connectivity index (χ3n) is 2.64. The van der Waals surface area contributed by atoms with E-state index in [4.69, 9.17) is 5.11 Å². The molecule has 0 aliphatic carbocycles. The van der Waals surface area contributed by atoms with Crippen molar-refractivity contribution in [1.82, 2.24) is 9.80 Å². The number of aliphatic hydroxyl groups excluding tert-OH is 1. The van der Waals surface area contributed by atoms with Gasteiger partial charge in [-0.15, -0.1) is 0 Å². The van der Waals surface area contributed by atoms with E-state index in [0.717, 1.165) is 12.5 Å². The molecule has 1 atom stereocenters. The van der Waals surface area contributed by atoms with Crippen LogP contribution in [0, 0.1) is 5.92 Å². The molecule has 1 aliphatic rings. The third kappa shape index (κ3) is 4.07. The molecule has 3 heteroatoms. The van der Waals surface area contributed by atoms with Gasteiger partial charge in [-0.1, -0.05) is 0 Å².